The average molecular weight is 207 g/mol. The first-order valence-corrected chi connectivity index (χ1v) is 6.62. The molecule has 0 aromatic carbocycles. The monoisotopic (exact) mass is 207 g/mol. The summed E-state index contributed by atoms with van der Waals surface area (Å²) in [6.45, 7) is 1.06. The summed E-state index contributed by atoms with van der Waals surface area (Å²) >= 11 is 0. The third-order valence-electron chi connectivity index (χ3n) is 4.75. The van der Waals surface area contributed by atoms with Crippen LogP contribution in [0.25, 0.3) is 0 Å². The number of rotatable bonds is 2. The van der Waals surface area contributed by atoms with Gasteiger partial charge >= 0.3 is 0 Å². The van der Waals surface area contributed by atoms with Gasteiger partial charge in [0.15, 0.2) is 0 Å². The lowest BCUT2D eigenvalue weighted by Gasteiger charge is -2.49. The quantitative estimate of drug-likeness (QED) is 0.693. The van der Waals surface area contributed by atoms with Crippen LogP contribution >= 0.6 is 0 Å². The molecule has 0 spiro atoms. The molecule has 2 aliphatic carbocycles. The van der Waals surface area contributed by atoms with Crippen LogP contribution in [0.1, 0.15) is 51.4 Å². The minimum Gasteiger partial charge on any atom is -0.300 e. The van der Waals surface area contributed by atoms with E-state index in [1.54, 1.807) is 0 Å². The highest BCUT2D eigenvalue weighted by atomic mass is 16.1. The number of carbonyl (C=O) groups is 1. The summed E-state index contributed by atoms with van der Waals surface area (Å²) in [6, 6.07) is 1.47. The van der Waals surface area contributed by atoms with Crippen LogP contribution in [0.4, 0.5) is 0 Å². The lowest BCUT2D eigenvalue weighted by molar-refractivity contribution is -0.126. The van der Waals surface area contributed by atoms with Crippen molar-refractivity contribution in [2.24, 2.45) is 5.92 Å². The maximum Gasteiger partial charge on any atom is 0.135 e. The lowest BCUT2D eigenvalue weighted by atomic mass is 9.74. The Morgan fingerprint density at radius 3 is 2.33 bits per heavy atom. The molecule has 1 saturated heterocycles. The Balaban J connectivity index is 1.69. The van der Waals surface area contributed by atoms with Crippen molar-refractivity contribution in [3.8, 4) is 0 Å². The summed E-state index contributed by atoms with van der Waals surface area (Å²) in [5, 5.41) is 0. The molecule has 0 amide bonds. The van der Waals surface area contributed by atoms with E-state index in [1.807, 2.05) is 0 Å². The zero-order chi connectivity index (χ0) is 10.3. The SMILES string of the molecule is O=C1CCN(C2CCC2)C(C2CCC2)C1. The van der Waals surface area contributed by atoms with E-state index in [0.29, 0.717) is 11.8 Å². The van der Waals surface area contributed by atoms with Crippen molar-refractivity contribution in [2.45, 2.75) is 63.5 Å². The maximum atomic E-state index is 11.6. The molecule has 0 N–H and O–H groups in total. The molecule has 0 aromatic rings. The van der Waals surface area contributed by atoms with E-state index in [2.05, 4.69) is 4.90 Å². The fourth-order valence-electron chi connectivity index (χ4n) is 3.31. The van der Waals surface area contributed by atoms with Crippen LogP contribution in [0, 0.1) is 5.92 Å². The molecule has 1 unspecified atom stereocenters. The zero-order valence-corrected chi connectivity index (χ0v) is 9.45. The molecule has 2 saturated carbocycles. The molecule has 2 heteroatoms. The Kier molecular flexibility index (Phi) is 2.55. The second kappa shape index (κ2) is 3.89. The van der Waals surface area contributed by atoms with Gasteiger partial charge in [-0.25, -0.2) is 0 Å². The van der Waals surface area contributed by atoms with Gasteiger partial charge in [0.25, 0.3) is 0 Å². The van der Waals surface area contributed by atoms with Crippen molar-refractivity contribution in [1.82, 2.24) is 4.90 Å². The van der Waals surface area contributed by atoms with E-state index in [1.165, 1.54) is 38.5 Å². The van der Waals surface area contributed by atoms with Gasteiger partial charge in [0, 0.05) is 31.5 Å². The van der Waals surface area contributed by atoms with Crippen LogP contribution in [0.15, 0.2) is 0 Å². The Bertz CT molecular complexity index is 255. The first-order valence-electron chi connectivity index (χ1n) is 6.62. The summed E-state index contributed by atoms with van der Waals surface area (Å²) in [5.74, 6) is 1.37. The molecule has 1 atom stereocenters. The molecule has 84 valence electrons. The van der Waals surface area contributed by atoms with E-state index in [4.69, 9.17) is 0 Å². The predicted molar refractivity (Wildman–Crippen MR) is 59.7 cm³/mol. The van der Waals surface area contributed by atoms with Crippen molar-refractivity contribution in [2.75, 3.05) is 6.54 Å². The van der Waals surface area contributed by atoms with Crippen molar-refractivity contribution < 1.29 is 4.79 Å². The fourth-order valence-corrected chi connectivity index (χ4v) is 3.31. The summed E-state index contributed by atoms with van der Waals surface area (Å²) in [4.78, 5) is 14.3. The number of nitrogens with zero attached hydrogens (tertiary/aromatic N) is 1. The Morgan fingerprint density at radius 1 is 1.07 bits per heavy atom. The first-order chi connectivity index (χ1) is 7.34. The van der Waals surface area contributed by atoms with Gasteiger partial charge in [-0.15, -0.1) is 0 Å². The minimum absolute atomic E-state index is 0.516. The van der Waals surface area contributed by atoms with E-state index >= 15 is 0 Å². The molecular formula is C13H21NO. The van der Waals surface area contributed by atoms with E-state index < -0.39 is 0 Å². The standard InChI is InChI=1S/C13H21NO/c15-12-7-8-14(11-5-2-6-11)13(9-12)10-3-1-4-10/h10-11,13H,1-9H2. The van der Waals surface area contributed by atoms with E-state index in [9.17, 15) is 4.79 Å². The van der Waals surface area contributed by atoms with Crippen molar-refractivity contribution in [3.63, 3.8) is 0 Å². The minimum atomic E-state index is 0.516. The van der Waals surface area contributed by atoms with Gasteiger partial charge in [-0.05, 0) is 31.6 Å². The number of Topliss-reactive ketones (excluding diaryl/α,β-unsaturated/α-hetero) is 1. The maximum absolute atomic E-state index is 11.6. The highest BCUT2D eigenvalue weighted by Crippen LogP contribution is 2.39. The van der Waals surface area contributed by atoms with Gasteiger partial charge < -0.3 is 0 Å². The average Bonchev–Trinajstić information content (AvgIpc) is 2.03. The lowest BCUT2D eigenvalue weighted by Crippen LogP contribution is -2.54. The Hall–Kier alpha value is -0.370. The number of piperidine rings is 1. The van der Waals surface area contributed by atoms with Crippen molar-refractivity contribution >= 4 is 5.78 Å². The molecule has 15 heavy (non-hydrogen) atoms. The van der Waals surface area contributed by atoms with E-state index in [-0.39, 0.29) is 0 Å². The van der Waals surface area contributed by atoms with Gasteiger partial charge in [-0.3, -0.25) is 9.69 Å². The van der Waals surface area contributed by atoms with Gasteiger partial charge in [-0.2, -0.15) is 0 Å². The van der Waals surface area contributed by atoms with E-state index in [0.717, 1.165) is 31.3 Å². The normalized spacial score (nSPS) is 34.9. The molecule has 3 rings (SSSR count). The number of hydrogen-bond acceptors (Lipinski definition) is 2. The largest absolute Gasteiger partial charge is 0.300 e. The van der Waals surface area contributed by atoms with Gasteiger partial charge in [0.2, 0.25) is 0 Å². The van der Waals surface area contributed by atoms with Crippen LogP contribution in [0.2, 0.25) is 0 Å². The Morgan fingerprint density at radius 2 is 1.80 bits per heavy atom. The molecule has 3 fully saturated rings. The highest BCUT2D eigenvalue weighted by Gasteiger charge is 2.40. The highest BCUT2D eigenvalue weighted by molar-refractivity contribution is 5.80. The van der Waals surface area contributed by atoms with Crippen LogP contribution in [0.3, 0.4) is 0 Å². The molecule has 1 heterocycles. The molecule has 3 aliphatic rings. The second-order valence-electron chi connectivity index (χ2n) is 5.57. The number of likely N-dealkylation sites (tertiary alicyclic amines) is 1. The molecule has 0 aromatic heterocycles. The molecule has 2 nitrogen and oxygen atoms in total. The number of ketones is 1. The van der Waals surface area contributed by atoms with Gasteiger partial charge in [0.1, 0.15) is 5.78 Å². The van der Waals surface area contributed by atoms with Gasteiger partial charge in [0.05, 0.1) is 0 Å². The zero-order valence-electron chi connectivity index (χ0n) is 9.45. The number of carbonyl (C=O) groups excluding carboxylic acids is 1. The molecule has 0 bridgehead atoms. The third-order valence-corrected chi connectivity index (χ3v) is 4.75. The first kappa shape index (κ1) is 9.83. The predicted octanol–water partition coefficient (Wildman–Crippen LogP) is 2.37. The summed E-state index contributed by atoms with van der Waals surface area (Å²) in [7, 11) is 0. The second-order valence-corrected chi connectivity index (χ2v) is 5.57. The molecule has 1 aliphatic heterocycles. The molecule has 0 radical (unpaired) electrons. The van der Waals surface area contributed by atoms with Gasteiger partial charge in [-0.1, -0.05) is 12.8 Å². The Labute approximate surface area is 92.0 Å². The van der Waals surface area contributed by atoms with Crippen LogP contribution in [0.5, 0.6) is 0 Å². The summed E-state index contributed by atoms with van der Waals surface area (Å²) in [5.41, 5.74) is 0. The third kappa shape index (κ3) is 1.73. The summed E-state index contributed by atoms with van der Waals surface area (Å²) in [6.07, 6.45) is 10.0. The smallest absolute Gasteiger partial charge is 0.135 e. The van der Waals surface area contributed by atoms with Crippen LogP contribution < -0.4 is 0 Å². The number of hydrogen-bond donors (Lipinski definition) is 0. The fraction of sp³-hybridized carbons (Fsp3) is 0.923. The van der Waals surface area contributed by atoms with Crippen molar-refractivity contribution in [1.29, 1.82) is 0 Å². The topological polar surface area (TPSA) is 20.3 Å². The van der Waals surface area contributed by atoms with Crippen LogP contribution in [-0.2, 0) is 4.79 Å². The van der Waals surface area contributed by atoms with Crippen molar-refractivity contribution in [3.05, 3.63) is 0 Å². The summed E-state index contributed by atoms with van der Waals surface area (Å²) < 4.78 is 0. The molecular weight excluding hydrogens is 186 g/mol. The van der Waals surface area contributed by atoms with Crippen LogP contribution in [-0.4, -0.2) is 29.3 Å².